The van der Waals surface area contributed by atoms with E-state index < -0.39 is 65.6 Å². The third-order valence-corrected chi connectivity index (χ3v) is 12.6. The first-order valence-electron chi connectivity index (χ1n) is 24.3. The number of ether oxygens (including phenoxy) is 2. The fourth-order valence-electron chi connectivity index (χ4n) is 9.21. The Labute approximate surface area is 413 Å². The molecule has 0 spiro atoms. The van der Waals surface area contributed by atoms with E-state index in [0.29, 0.717) is 89.0 Å². The second kappa shape index (κ2) is 21.0. The molecular weight excluding hydrogens is 905 g/mol. The molecular formula is C54H64N8O9. The molecule has 3 heterocycles. The zero-order chi connectivity index (χ0) is 50.6. The van der Waals surface area contributed by atoms with Gasteiger partial charge in [0.05, 0.1) is 23.3 Å². The third-order valence-electron chi connectivity index (χ3n) is 12.6. The van der Waals surface area contributed by atoms with Crippen LogP contribution in [0.1, 0.15) is 114 Å². The van der Waals surface area contributed by atoms with Crippen LogP contribution in [0.25, 0.3) is 22.2 Å². The van der Waals surface area contributed by atoms with Crippen molar-refractivity contribution in [1.29, 1.82) is 0 Å². The molecule has 0 bridgehead atoms. The predicted molar refractivity (Wildman–Crippen MR) is 269 cm³/mol. The summed E-state index contributed by atoms with van der Waals surface area (Å²) in [7, 11) is 0. The summed E-state index contributed by atoms with van der Waals surface area (Å²) in [4.78, 5) is 88.7. The summed E-state index contributed by atoms with van der Waals surface area (Å²) in [5, 5.41) is 27.0. The molecule has 6 amide bonds. The zero-order valence-electron chi connectivity index (χ0n) is 41.0. The molecule has 17 nitrogen and oxygen atoms in total. The Morgan fingerprint density at radius 3 is 1.86 bits per heavy atom. The van der Waals surface area contributed by atoms with E-state index in [1.54, 1.807) is 125 Å². The van der Waals surface area contributed by atoms with Crippen molar-refractivity contribution >= 4 is 58.1 Å². The highest BCUT2D eigenvalue weighted by molar-refractivity contribution is 6.14. The predicted octanol–water partition coefficient (Wildman–Crippen LogP) is 7.91. The van der Waals surface area contributed by atoms with Gasteiger partial charge in [-0.1, -0.05) is 72.8 Å². The van der Waals surface area contributed by atoms with Crippen LogP contribution in [0.15, 0.2) is 103 Å². The van der Waals surface area contributed by atoms with Crippen LogP contribution in [0.4, 0.5) is 21.0 Å². The lowest BCUT2D eigenvalue weighted by Gasteiger charge is -2.35. The zero-order valence-corrected chi connectivity index (χ0v) is 41.0. The maximum absolute atomic E-state index is 14.2. The van der Waals surface area contributed by atoms with E-state index in [1.807, 2.05) is 24.3 Å². The number of hydrogen-bond donors (Lipinski definition) is 7. The second-order valence-electron chi connectivity index (χ2n) is 20.5. The summed E-state index contributed by atoms with van der Waals surface area (Å²) >= 11 is 0. The Hall–Kier alpha value is -7.24. The molecule has 1 aliphatic carbocycles. The van der Waals surface area contributed by atoms with Gasteiger partial charge in [0.1, 0.15) is 29.5 Å². The number of aliphatic hydroxyl groups is 1. The minimum absolute atomic E-state index is 0.0564. The van der Waals surface area contributed by atoms with Crippen LogP contribution in [0.2, 0.25) is 0 Å². The largest absolute Gasteiger partial charge is 0.444 e. The number of benzene rings is 4. The van der Waals surface area contributed by atoms with Gasteiger partial charge in [0.25, 0.3) is 11.8 Å². The van der Waals surface area contributed by atoms with E-state index in [9.17, 15) is 33.9 Å². The molecule has 374 valence electrons. The number of nitrogens with zero attached hydrogens (tertiary/aromatic N) is 2. The van der Waals surface area contributed by atoms with E-state index in [2.05, 4.69) is 31.6 Å². The molecule has 3 fully saturated rings. The van der Waals surface area contributed by atoms with Gasteiger partial charge in [-0.25, -0.2) is 9.59 Å². The molecule has 8 rings (SSSR count). The number of amides is 6. The maximum Gasteiger partial charge on any atom is 0.408 e. The molecule has 17 heteroatoms. The molecule has 1 unspecified atom stereocenters. The number of rotatable bonds is 14. The molecule has 2 aliphatic heterocycles. The summed E-state index contributed by atoms with van der Waals surface area (Å²) in [6.45, 7) is 11.2. The van der Waals surface area contributed by atoms with Gasteiger partial charge in [-0.3, -0.25) is 24.1 Å². The van der Waals surface area contributed by atoms with Gasteiger partial charge in [0.2, 0.25) is 11.8 Å². The van der Waals surface area contributed by atoms with E-state index in [0.717, 1.165) is 12.8 Å². The number of carbonyl (C=O) groups is 6. The summed E-state index contributed by atoms with van der Waals surface area (Å²) in [5.74, 6) is -1.43. The number of hydrogen-bond acceptors (Lipinski definition) is 10. The molecule has 1 saturated carbocycles. The van der Waals surface area contributed by atoms with Crippen molar-refractivity contribution in [3.05, 3.63) is 120 Å². The van der Waals surface area contributed by atoms with Crippen LogP contribution in [-0.2, 0) is 23.9 Å². The van der Waals surface area contributed by atoms with Gasteiger partial charge in [0.15, 0.2) is 0 Å². The Morgan fingerprint density at radius 2 is 1.23 bits per heavy atom. The number of alkyl carbamates (subject to hydrolysis) is 2. The Morgan fingerprint density at radius 1 is 0.662 bits per heavy atom. The average molecular weight is 969 g/mol. The van der Waals surface area contributed by atoms with E-state index in [4.69, 9.17) is 9.47 Å². The summed E-state index contributed by atoms with van der Waals surface area (Å²) in [6.07, 6.45) is 1.20. The lowest BCUT2D eigenvalue weighted by atomic mass is 10.0. The van der Waals surface area contributed by atoms with Crippen LogP contribution in [0, 0.1) is 0 Å². The number of anilines is 2. The van der Waals surface area contributed by atoms with Crippen molar-refractivity contribution in [3.8, 4) is 11.3 Å². The van der Waals surface area contributed by atoms with E-state index >= 15 is 0 Å². The van der Waals surface area contributed by atoms with E-state index in [-0.39, 0.29) is 17.9 Å². The fraction of sp³-hybridized carbons (Fsp3) is 0.407. The normalized spacial score (nSPS) is 18.5. The van der Waals surface area contributed by atoms with Crippen LogP contribution in [0.5, 0.6) is 0 Å². The van der Waals surface area contributed by atoms with Crippen LogP contribution in [-0.4, -0.2) is 104 Å². The number of aromatic nitrogens is 1. The van der Waals surface area contributed by atoms with Gasteiger partial charge in [-0.15, -0.1) is 0 Å². The van der Waals surface area contributed by atoms with Gasteiger partial charge < -0.3 is 51.0 Å². The molecule has 1 aromatic heterocycles. The monoisotopic (exact) mass is 968 g/mol. The van der Waals surface area contributed by atoms with Crippen molar-refractivity contribution < 1.29 is 43.3 Å². The number of H-pyrrole nitrogens is 1. The SMILES string of the molecule is CC(C)(C)OC(=O)N[C@H](c1ccccc1)C(O)N1CCC[C@H]1C(=O)Nc1ccc(-c2[nH]c3ccc(NC(=O)[C@@H]4CCCN4C(=O)[C@H](NC(=O)OC(C)(C)C)c4ccccc4)cc3c2C(=O)NC2CC2)cc1. The Balaban J connectivity index is 0.983. The summed E-state index contributed by atoms with van der Waals surface area (Å²) in [5.41, 5.74) is 2.87. The van der Waals surface area contributed by atoms with Crippen LogP contribution < -0.4 is 26.6 Å². The number of nitrogens with one attached hydrogen (secondary N) is 6. The smallest absolute Gasteiger partial charge is 0.408 e. The van der Waals surface area contributed by atoms with Crippen LogP contribution >= 0.6 is 0 Å². The molecule has 3 aliphatic rings. The first-order valence-corrected chi connectivity index (χ1v) is 24.3. The van der Waals surface area contributed by atoms with Crippen molar-refractivity contribution in [2.45, 2.75) is 128 Å². The molecule has 2 saturated heterocycles. The topological polar surface area (TPSA) is 224 Å². The standard InChI is InChI=1S/C54H64N8O9/c1-53(2,3)70-51(68)59-44(32-15-9-7-10-16-32)49(66)61-29-13-19-40(61)46(63)55-35-23-21-34(22-24-35)43-42(48(65)56-36-25-26-36)38-31-37(27-28-39(38)58-43)57-47(64)41-20-14-30-62(41)50(67)45(33-17-11-8-12-18-33)60-52(69)71-54(4,5)6/h7-12,15-18,21-24,27-28,31,36,40-41,44-45,49,58,66H,13-14,19-20,25-26,29-30H2,1-6H3,(H,55,63)(H,56,65)(H,57,64)(H,59,68)(H,60,69)/t40-,41-,44+,45+,49?/m0/s1. The minimum atomic E-state index is -1.24. The first-order chi connectivity index (χ1) is 33.8. The highest BCUT2D eigenvalue weighted by Gasteiger charge is 2.41. The average Bonchev–Trinajstić information content (AvgIpc) is 3.65. The number of carbonyl (C=O) groups excluding carboxylic acids is 6. The van der Waals surface area contributed by atoms with Gasteiger partial charge in [-0.2, -0.15) is 0 Å². The fourth-order valence-corrected chi connectivity index (χ4v) is 9.21. The molecule has 5 aromatic rings. The highest BCUT2D eigenvalue weighted by Crippen LogP contribution is 2.35. The Kier molecular flexibility index (Phi) is 14.8. The number of fused-ring (bicyclic) bond motifs is 1. The molecule has 0 radical (unpaired) electrons. The molecule has 71 heavy (non-hydrogen) atoms. The second-order valence-corrected chi connectivity index (χ2v) is 20.5. The lowest BCUT2D eigenvalue weighted by Crippen LogP contribution is -2.51. The first kappa shape index (κ1) is 50.2. The molecule has 4 aromatic carbocycles. The van der Waals surface area contributed by atoms with Crippen molar-refractivity contribution in [2.75, 3.05) is 23.7 Å². The highest BCUT2D eigenvalue weighted by atomic mass is 16.6. The maximum atomic E-state index is 14.2. The van der Waals surface area contributed by atoms with Crippen molar-refractivity contribution in [3.63, 3.8) is 0 Å². The number of aromatic amines is 1. The van der Waals surface area contributed by atoms with Crippen molar-refractivity contribution in [2.24, 2.45) is 0 Å². The number of likely N-dealkylation sites (tertiary alicyclic amines) is 2. The van der Waals surface area contributed by atoms with E-state index in [1.165, 1.54) is 4.90 Å². The minimum Gasteiger partial charge on any atom is -0.444 e. The van der Waals surface area contributed by atoms with Crippen LogP contribution in [0.3, 0.4) is 0 Å². The van der Waals surface area contributed by atoms with Crippen molar-refractivity contribution in [1.82, 2.24) is 30.7 Å². The quantitative estimate of drug-likeness (QED) is 0.0570. The summed E-state index contributed by atoms with van der Waals surface area (Å²) in [6, 6.07) is 26.9. The van der Waals surface area contributed by atoms with Gasteiger partial charge in [-0.05, 0) is 127 Å². The van der Waals surface area contributed by atoms with Gasteiger partial charge >= 0.3 is 12.2 Å². The molecule has 5 atom stereocenters. The Bertz CT molecular complexity index is 2750. The van der Waals surface area contributed by atoms with Gasteiger partial charge in [0, 0.05) is 41.4 Å². The lowest BCUT2D eigenvalue weighted by molar-refractivity contribution is -0.138. The molecule has 7 N–H and O–H groups in total. The third kappa shape index (κ3) is 12.4. The number of aliphatic hydroxyl groups excluding tert-OH is 1. The summed E-state index contributed by atoms with van der Waals surface area (Å²) < 4.78 is 11.0.